The Labute approximate surface area is 114 Å². The molecule has 0 aliphatic heterocycles. The van der Waals surface area contributed by atoms with E-state index in [1.54, 1.807) is 0 Å². The highest BCUT2D eigenvalue weighted by molar-refractivity contribution is 5.45. The second-order valence-corrected chi connectivity index (χ2v) is 5.14. The van der Waals surface area contributed by atoms with E-state index < -0.39 is 0 Å². The summed E-state index contributed by atoms with van der Waals surface area (Å²) >= 11 is 0. The Kier molecular flexibility index (Phi) is 3.26. The molecule has 2 unspecified atom stereocenters. The molecular weight excluding hydrogens is 234 g/mol. The van der Waals surface area contributed by atoms with Crippen molar-refractivity contribution >= 4 is 0 Å². The zero-order chi connectivity index (χ0) is 13.2. The van der Waals surface area contributed by atoms with Crippen molar-refractivity contribution in [2.24, 2.45) is 5.73 Å². The van der Waals surface area contributed by atoms with Crippen LogP contribution >= 0.6 is 0 Å². The Bertz CT molecular complexity index is 565. The van der Waals surface area contributed by atoms with E-state index in [0.29, 0.717) is 0 Å². The third kappa shape index (κ3) is 2.36. The predicted molar refractivity (Wildman–Crippen MR) is 77.2 cm³/mol. The lowest BCUT2D eigenvalue weighted by molar-refractivity contribution is 0.225. The highest BCUT2D eigenvalue weighted by Gasteiger charge is 2.22. The summed E-state index contributed by atoms with van der Waals surface area (Å²) in [6.07, 6.45) is 2.10. The Balaban J connectivity index is 1.85. The van der Waals surface area contributed by atoms with Crippen LogP contribution < -0.4 is 10.5 Å². The van der Waals surface area contributed by atoms with Gasteiger partial charge in [0.25, 0.3) is 0 Å². The Morgan fingerprint density at radius 1 is 1.11 bits per heavy atom. The lowest BCUT2D eigenvalue weighted by atomic mass is 10.1. The van der Waals surface area contributed by atoms with E-state index in [1.165, 1.54) is 16.7 Å². The molecule has 2 N–H and O–H groups in total. The molecule has 0 saturated carbocycles. The van der Waals surface area contributed by atoms with E-state index >= 15 is 0 Å². The van der Waals surface area contributed by atoms with E-state index in [0.717, 1.165) is 18.6 Å². The van der Waals surface area contributed by atoms with Crippen LogP contribution in [0.2, 0.25) is 0 Å². The summed E-state index contributed by atoms with van der Waals surface area (Å²) in [6, 6.07) is 16.7. The van der Waals surface area contributed by atoms with Gasteiger partial charge in [0.1, 0.15) is 11.9 Å². The van der Waals surface area contributed by atoms with Crippen LogP contribution in [0.1, 0.15) is 42.2 Å². The first-order chi connectivity index (χ1) is 9.25. The first-order valence-electron chi connectivity index (χ1n) is 6.84. The zero-order valence-electron chi connectivity index (χ0n) is 11.2. The maximum Gasteiger partial charge on any atom is 0.123 e. The lowest BCUT2D eigenvalue weighted by Crippen LogP contribution is -2.06. The number of nitrogens with two attached hydrogens (primary N) is 1. The summed E-state index contributed by atoms with van der Waals surface area (Å²) in [5, 5.41) is 0. The van der Waals surface area contributed by atoms with E-state index in [4.69, 9.17) is 10.5 Å². The van der Waals surface area contributed by atoms with Crippen LogP contribution in [0.15, 0.2) is 48.5 Å². The van der Waals surface area contributed by atoms with Crippen molar-refractivity contribution in [3.8, 4) is 5.75 Å². The van der Waals surface area contributed by atoms with Crippen molar-refractivity contribution in [3.05, 3.63) is 65.2 Å². The molecule has 2 nitrogen and oxygen atoms in total. The second-order valence-electron chi connectivity index (χ2n) is 5.14. The Morgan fingerprint density at radius 3 is 2.68 bits per heavy atom. The molecule has 0 spiro atoms. The fourth-order valence-corrected chi connectivity index (χ4v) is 2.75. The molecule has 19 heavy (non-hydrogen) atoms. The molecule has 98 valence electrons. The zero-order valence-corrected chi connectivity index (χ0v) is 11.2. The topological polar surface area (TPSA) is 35.2 Å². The van der Waals surface area contributed by atoms with E-state index in [2.05, 4.69) is 31.2 Å². The summed E-state index contributed by atoms with van der Waals surface area (Å²) in [7, 11) is 0. The molecule has 0 radical (unpaired) electrons. The molecule has 2 atom stereocenters. The van der Waals surface area contributed by atoms with Gasteiger partial charge in [-0.2, -0.15) is 0 Å². The fourth-order valence-electron chi connectivity index (χ4n) is 2.75. The minimum atomic E-state index is 0.0597. The van der Waals surface area contributed by atoms with Crippen molar-refractivity contribution in [3.63, 3.8) is 0 Å². The average Bonchev–Trinajstić information content (AvgIpc) is 2.83. The van der Waals surface area contributed by atoms with Gasteiger partial charge < -0.3 is 10.5 Å². The molecule has 0 saturated heterocycles. The third-order valence-corrected chi connectivity index (χ3v) is 3.85. The van der Waals surface area contributed by atoms with Gasteiger partial charge in [-0.1, -0.05) is 42.5 Å². The maximum atomic E-state index is 6.14. The highest BCUT2D eigenvalue weighted by atomic mass is 16.5. The van der Waals surface area contributed by atoms with Crippen LogP contribution in [0.4, 0.5) is 0 Å². The van der Waals surface area contributed by atoms with Gasteiger partial charge in [-0.3, -0.25) is 0 Å². The van der Waals surface area contributed by atoms with E-state index in [1.807, 2.05) is 24.3 Å². The number of ether oxygens (including phenoxy) is 1. The largest absolute Gasteiger partial charge is 0.486 e. The van der Waals surface area contributed by atoms with Crippen molar-refractivity contribution in [2.75, 3.05) is 0 Å². The molecule has 0 amide bonds. The molecule has 2 heteroatoms. The molecular formula is C17H19NO. The van der Waals surface area contributed by atoms with Gasteiger partial charge in [0.15, 0.2) is 0 Å². The fraction of sp³-hybridized carbons (Fsp3) is 0.294. The smallest absolute Gasteiger partial charge is 0.123 e. The van der Waals surface area contributed by atoms with Gasteiger partial charge in [0.05, 0.1) is 0 Å². The molecule has 2 aromatic carbocycles. The summed E-state index contributed by atoms with van der Waals surface area (Å²) in [5.74, 6) is 0.988. The molecule has 2 aromatic rings. The van der Waals surface area contributed by atoms with Crippen molar-refractivity contribution < 1.29 is 4.74 Å². The molecule has 1 aliphatic carbocycles. The van der Waals surface area contributed by atoms with Crippen LogP contribution in [-0.4, -0.2) is 0 Å². The SMILES string of the molecule is CC(Oc1cccc2c1CCC2N)c1ccccc1. The quantitative estimate of drug-likeness (QED) is 0.903. The number of fused-ring (bicyclic) bond motifs is 1. The van der Waals surface area contributed by atoms with Gasteiger partial charge in [0, 0.05) is 6.04 Å². The summed E-state index contributed by atoms with van der Waals surface area (Å²) < 4.78 is 6.14. The van der Waals surface area contributed by atoms with E-state index in [9.17, 15) is 0 Å². The van der Waals surface area contributed by atoms with Crippen molar-refractivity contribution in [2.45, 2.75) is 31.9 Å². The first kappa shape index (κ1) is 12.2. The molecule has 0 fully saturated rings. The van der Waals surface area contributed by atoms with Crippen LogP contribution in [0.25, 0.3) is 0 Å². The maximum absolute atomic E-state index is 6.14. The molecule has 0 aromatic heterocycles. The minimum absolute atomic E-state index is 0.0597. The lowest BCUT2D eigenvalue weighted by Gasteiger charge is -2.18. The third-order valence-electron chi connectivity index (χ3n) is 3.85. The van der Waals surface area contributed by atoms with Crippen molar-refractivity contribution in [1.82, 2.24) is 0 Å². The van der Waals surface area contributed by atoms with Crippen LogP contribution in [0.3, 0.4) is 0 Å². The average molecular weight is 253 g/mol. The van der Waals surface area contributed by atoms with Gasteiger partial charge in [-0.15, -0.1) is 0 Å². The second kappa shape index (κ2) is 5.06. The van der Waals surface area contributed by atoms with Gasteiger partial charge in [0.2, 0.25) is 0 Å². The van der Waals surface area contributed by atoms with Gasteiger partial charge in [-0.05, 0) is 42.5 Å². The molecule has 1 aliphatic rings. The number of hydrogen-bond donors (Lipinski definition) is 1. The van der Waals surface area contributed by atoms with Crippen LogP contribution in [0.5, 0.6) is 5.75 Å². The van der Waals surface area contributed by atoms with Crippen LogP contribution in [0, 0.1) is 0 Å². The molecule has 3 rings (SSSR count). The number of rotatable bonds is 3. The summed E-state index contributed by atoms with van der Waals surface area (Å²) in [4.78, 5) is 0. The minimum Gasteiger partial charge on any atom is -0.486 e. The van der Waals surface area contributed by atoms with Crippen LogP contribution in [-0.2, 0) is 6.42 Å². The van der Waals surface area contributed by atoms with Gasteiger partial charge in [-0.25, -0.2) is 0 Å². The summed E-state index contributed by atoms with van der Waals surface area (Å²) in [6.45, 7) is 2.09. The molecule has 0 heterocycles. The number of benzene rings is 2. The molecule has 0 bridgehead atoms. The summed E-state index contributed by atoms with van der Waals surface area (Å²) in [5.41, 5.74) is 9.84. The Hall–Kier alpha value is -1.80. The van der Waals surface area contributed by atoms with Gasteiger partial charge >= 0.3 is 0 Å². The number of hydrogen-bond acceptors (Lipinski definition) is 2. The standard InChI is InChI=1S/C17H19NO/c1-12(13-6-3-2-4-7-13)19-17-9-5-8-14-15(17)10-11-16(14)18/h2-9,12,16H,10-11,18H2,1H3. The normalized spacial score (nSPS) is 18.9. The van der Waals surface area contributed by atoms with E-state index in [-0.39, 0.29) is 12.1 Å². The Morgan fingerprint density at radius 2 is 1.89 bits per heavy atom. The van der Waals surface area contributed by atoms with Crippen molar-refractivity contribution in [1.29, 1.82) is 0 Å². The predicted octanol–water partition coefficient (Wildman–Crippen LogP) is 3.77. The monoisotopic (exact) mass is 253 g/mol. The first-order valence-corrected chi connectivity index (χ1v) is 6.84. The highest BCUT2D eigenvalue weighted by Crippen LogP contribution is 2.37.